The van der Waals surface area contributed by atoms with Gasteiger partial charge in [0.15, 0.2) is 5.69 Å². The molecule has 2 heterocycles. The molecule has 128 valence electrons. The van der Waals surface area contributed by atoms with Gasteiger partial charge in [-0.1, -0.05) is 12.1 Å². The summed E-state index contributed by atoms with van der Waals surface area (Å²) >= 11 is 0. The summed E-state index contributed by atoms with van der Waals surface area (Å²) in [5, 5.41) is 3.99. The molecule has 1 aromatic carbocycles. The minimum Gasteiger partial charge on any atom is -0.484 e. The summed E-state index contributed by atoms with van der Waals surface area (Å²) in [4.78, 5) is 14.4. The van der Waals surface area contributed by atoms with Crippen molar-refractivity contribution in [3.05, 3.63) is 36.0 Å². The van der Waals surface area contributed by atoms with Crippen LogP contribution < -0.4 is 14.4 Å². The van der Waals surface area contributed by atoms with Crippen LogP contribution in [0.25, 0.3) is 0 Å². The number of carbonyl (C=O) groups excluding carboxylic acids is 1. The van der Waals surface area contributed by atoms with E-state index in [2.05, 4.69) is 9.84 Å². The summed E-state index contributed by atoms with van der Waals surface area (Å²) in [5.41, 5.74) is 0.0608. The number of hydrogen-bond donors (Lipinski definition) is 0. The Kier molecular flexibility index (Phi) is 3.90. The van der Waals surface area contributed by atoms with Crippen LogP contribution in [0.15, 0.2) is 30.3 Å². The van der Waals surface area contributed by atoms with Crippen molar-refractivity contribution in [3.63, 3.8) is 0 Å². The van der Waals surface area contributed by atoms with E-state index in [9.17, 15) is 13.6 Å². The Morgan fingerprint density at radius 3 is 2.79 bits per heavy atom. The number of ether oxygens (including phenoxy) is 2. The Morgan fingerprint density at radius 1 is 1.38 bits per heavy atom. The predicted molar refractivity (Wildman–Crippen MR) is 82.7 cm³/mol. The van der Waals surface area contributed by atoms with Gasteiger partial charge in [0.05, 0.1) is 12.2 Å². The van der Waals surface area contributed by atoms with E-state index in [1.54, 1.807) is 18.2 Å². The van der Waals surface area contributed by atoms with E-state index >= 15 is 0 Å². The highest BCUT2D eigenvalue weighted by molar-refractivity contribution is 6.06. The molecule has 0 unspecified atom stereocenters. The number of aromatic nitrogens is 2. The fourth-order valence-corrected chi connectivity index (χ4v) is 2.64. The largest absolute Gasteiger partial charge is 0.484 e. The van der Waals surface area contributed by atoms with E-state index in [1.165, 1.54) is 18.0 Å². The summed E-state index contributed by atoms with van der Waals surface area (Å²) in [7, 11) is 1.44. The van der Waals surface area contributed by atoms with Gasteiger partial charge in [-0.05, 0) is 26.0 Å². The van der Waals surface area contributed by atoms with E-state index in [1.807, 2.05) is 19.9 Å². The van der Waals surface area contributed by atoms with Crippen molar-refractivity contribution in [3.8, 4) is 11.6 Å². The molecule has 0 aliphatic carbocycles. The number of anilines is 1. The van der Waals surface area contributed by atoms with Gasteiger partial charge in [0.1, 0.15) is 11.4 Å². The molecule has 0 saturated heterocycles. The number of nitrogens with zero attached hydrogens (tertiary/aromatic N) is 3. The number of hydrogen-bond acceptors (Lipinski definition) is 4. The normalized spacial score (nSPS) is 15.8. The lowest BCUT2D eigenvalue weighted by molar-refractivity contribution is -0.0553. The second-order valence-electron chi connectivity index (χ2n) is 6.09. The van der Waals surface area contributed by atoms with Crippen LogP contribution in [-0.2, 0) is 7.05 Å². The van der Waals surface area contributed by atoms with Crippen LogP contribution in [0.1, 0.15) is 24.3 Å². The topological polar surface area (TPSA) is 56.6 Å². The number of amides is 1. The molecule has 1 amide bonds. The van der Waals surface area contributed by atoms with Gasteiger partial charge in [-0.3, -0.25) is 9.69 Å². The monoisotopic (exact) mass is 337 g/mol. The first-order valence-corrected chi connectivity index (χ1v) is 7.35. The van der Waals surface area contributed by atoms with E-state index in [0.29, 0.717) is 18.0 Å². The van der Waals surface area contributed by atoms with Crippen LogP contribution in [0, 0.1) is 0 Å². The first-order chi connectivity index (χ1) is 11.3. The number of halogens is 2. The van der Waals surface area contributed by atoms with Gasteiger partial charge in [-0.2, -0.15) is 13.9 Å². The van der Waals surface area contributed by atoms with Crippen LogP contribution >= 0.6 is 0 Å². The molecule has 0 atom stereocenters. The molecule has 2 aromatic rings. The van der Waals surface area contributed by atoms with Crippen LogP contribution in [-0.4, -0.2) is 34.4 Å². The second-order valence-corrected chi connectivity index (χ2v) is 6.09. The third kappa shape index (κ3) is 3.04. The van der Waals surface area contributed by atoms with Crippen molar-refractivity contribution < 1.29 is 23.0 Å². The van der Waals surface area contributed by atoms with E-state index in [0.717, 1.165) is 4.68 Å². The maximum absolute atomic E-state index is 12.9. The maximum atomic E-state index is 12.9. The van der Waals surface area contributed by atoms with Crippen LogP contribution in [0.3, 0.4) is 0 Å². The van der Waals surface area contributed by atoms with Crippen LogP contribution in [0.4, 0.5) is 14.5 Å². The summed E-state index contributed by atoms with van der Waals surface area (Å²) < 4.78 is 36.1. The third-order valence-electron chi connectivity index (χ3n) is 3.59. The molecule has 6 nitrogen and oxygen atoms in total. The smallest absolute Gasteiger partial charge is 0.388 e. The minimum atomic E-state index is -2.98. The highest BCUT2D eigenvalue weighted by atomic mass is 19.3. The van der Waals surface area contributed by atoms with Gasteiger partial charge < -0.3 is 9.47 Å². The first-order valence-electron chi connectivity index (χ1n) is 7.35. The molecule has 24 heavy (non-hydrogen) atoms. The first kappa shape index (κ1) is 16.2. The Bertz CT molecular complexity index is 774. The molecular formula is C16H17F2N3O3. The SMILES string of the molecule is Cn1nc(C(=O)N2CC(C)(C)Oc3ccccc32)cc1OC(F)F. The zero-order chi connectivity index (χ0) is 17.5. The standard InChI is InChI=1S/C16H17F2N3O3/c1-16(2)9-21(11-6-4-5-7-12(11)24-16)14(22)10-8-13(20(3)19-10)23-15(17)18/h4-8,15H,9H2,1-3H3. The molecule has 0 saturated carbocycles. The Balaban J connectivity index is 1.95. The summed E-state index contributed by atoms with van der Waals surface area (Å²) in [5.74, 6) is 0.00906. The second kappa shape index (κ2) is 5.77. The molecule has 1 aliphatic heterocycles. The number of carbonyl (C=O) groups is 1. The van der Waals surface area contributed by atoms with E-state index < -0.39 is 18.1 Å². The quantitative estimate of drug-likeness (QED) is 0.864. The highest BCUT2D eigenvalue weighted by Crippen LogP contribution is 2.37. The highest BCUT2D eigenvalue weighted by Gasteiger charge is 2.36. The zero-order valence-corrected chi connectivity index (χ0v) is 13.5. The Hall–Kier alpha value is -2.64. The molecule has 0 N–H and O–H groups in total. The molecule has 0 bridgehead atoms. The molecule has 1 aliphatic rings. The van der Waals surface area contributed by atoms with E-state index in [-0.39, 0.29) is 11.6 Å². The third-order valence-corrected chi connectivity index (χ3v) is 3.59. The molecular weight excluding hydrogens is 320 g/mol. The number of alkyl halides is 2. The Labute approximate surface area is 137 Å². The van der Waals surface area contributed by atoms with Crippen molar-refractivity contribution in [2.45, 2.75) is 26.1 Å². The molecule has 3 rings (SSSR count). The number of aryl methyl sites for hydroxylation is 1. The molecule has 0 fully saturated rings. The summed E-state index contributed by atoms with van der Waals surface area (Å²) in [6.45, 7) is 1.07. The Morgan fingerprint density at radius 2 is 2.08 bits per heavy atom. The minimum absolute atomic E-state index is 0.0284. The molecule has 0 spiro atoms. The summed E-state index contributed by atoms with van der Waals surface area (Å²) in [6.07, 6.45) is 0. The number of benzene rings is 1. The van der Waals surface area contributed by atoms with Gasteiger partial charge in [-0.25, -0.2) is 4.68 Å². The fraction of sp³-hybridized carbons (Fsp3) is 0.375. The van der Waals surface area contributed by atoms with Crippen molar-refractivity contribution in [1.82, 2.24) is 9.78 Å². The van der Waals surface area contributed by atoms with Crippen molar-refractivity contribution in [2.24, 2.45) is 7.05 Å². The predicted octanol–water partition coefficient (Wildman–Crippen LogP) is 2.84. The zero-order valence-electron chi connectivity index (χ0n) is 13.5. The van der Waals surface area contributed by atoms with Crippen molar-refractivity contribution >= 4 is 11.6 Å². The van der Waals surface area contributed by atoms with Gasteiger partial charge in [-0.15, -0.1) is 0 Å². The van der Waals surface area contributed by atoms with Gasteiger partial charge in [0.2, 0.25) is 5.88 Å². The molecule has 0 radical (unpaired) electrons. The van der Waals surface area contributed by atoms with E-state index in [4.69, 9.17) is 4.74 Å². The lowest BCUT2D eigenvalue weighted by atomic mass is 10.0. The van der Waals surface area contributed by atoms with Gasteiger partial charge in [0, 0.05) is 13.1 Å². The van der Waals surface area contributed by atoms with Gasteiger partial charge >= 0.3 is 6.61 Å². The van der Waals surface area contributed by atoms with Crippen molar-refractivity contribution in [2.75, 3.05) is 11.4 Å². The van der Waals surface area contributed by atoms with Gasteiger partial charge in [0.25, 0.3) is 5.91 Å². The summed E-state index contributed by atoms with van der Waals surface area (Å²) in [6, 6.07) is 8.37. The lowest BCUT2D eigenvalue weighted by Gasteiger charge is -2.39. The van der Waals surface area contributed by atoms with Crippen molar-refractivity contribution in [1.29, 1.82) is 0 Å². The average Bonchev–Trinajstić information content (AvgIpc) is 2.85. The maximum Gasteiger partial charge on any atom is 0.388 e. The number of para-hydroxylation sites is 2. The fourth-order valence-electron chi connectivity index (χ4n) is 2.64. The van der Waals surface area contributed by atoms with Crippen LogP contribution in [0.5, 0.6) is 11.6 Å². The average molecular weight is 337 g/mol. The molecule has 1 aromatic heterocycles. The lowest BCUT2D eigenvalue weighted by Crippen LogP contribution is -2.49. The number of rotatable bonds is 3. The molecule has 8 heteroatoms. The van der Waals surface area contributed by atoms with Crippen LogP contribution in [0.2, 0.25) is 0 Å². The number of fused-ring (bicyclic) bond motifs is 1.